The van der Waals surface area contributed by atoms with Gasteiger partial charge in [0.1, 0.15) is 0 Å². The smallest absolute Gasteiger partial charge is 0.235 e. The van der Waals surface area contributed by atoms with Gasteiger partial charge in [-0.05, 0) is 34.2 Å². The van der Waals surface area contributed by atoms with Crippen LogP contribution in [0.25, 0.3) is 6.08 Å². The van der Waals surface area contributed by atoms with E-state index in [1.54, 1.807) is 0 Å². The first-order valence-corrected chi connectivity index (χ1v) is 4.34. The average molecular weight is 275 g/mol. The summed E-state index contributed by atoms with van der Waals surface area (Å²) in [6.45, 7) is 0. The normalized spacial score (nSPS) is 10.4. The van der Waals surface area contributed by atoms with Crippen LogP contribution in [0.15, 0.2) is 30.5 Å². The largest absolute Gasteiger partial charge is 0.259 e. The highest BCUT2D eigenvalue weighted by Gasteiger charge is 1.94. The van der Waals surface area contributed by atoms with Gasteiger partial charge < -0.3 is 0 Å². The molecule has 0 aliphatic carbocycles. The summed E-state index contributed by atoms with van der Waals surface area (Å²) in [5.74, 6) is 0. The van der Waals surface area contributed by atoms with E-state index in [9.17, 15) is 10.1 Å². The Kier molecular flexibility index (Phi) is 3.21. The van der Waals surface area contributed by atoms with Gasteiger partial charge in [-0.15, -0.1) is 0 Å². The lowest BCUT2D eigenvalue weighted by Crippen LogP contribution is -1.83. The van der Waals surface area contributed by atoms with Crippen LogP contribution in [0.4, 0.5) is 0 Å². The quantitative estimate of drug-likeness (QED) is 0.473. The highest BCUT2D eigenvalue weighted by molar-refractivity contribution is 14.1. The summed E-state index contributed by atoms with van der Waals surface area (Å²) >= 11 is 2.13. The molecule has 0 bridgehead atoms. The minimum absolute atomic E-state index is 0.469. The number of benzene rings is 1. The summed E-state index contributed by atoms with van der Waals surface area (Å²) < 4.78 is 1.01. The van der Waals surface area contributed by atoms with E-state index in [4.69, 9.17) is 0 Å². The van der Waals surface area contributed by atoms with Crippen molar-refractivity contribution in [2.75, 3.05) is 0 Å². The van der Waals surface area contributed by atoms with Crippen LogP contribution in [0.3, 0.4) is 0 Å². The molecule has 12 heavy (non-hydrogen) atoms. The van der Waals surface area contributed by atoms with Crippen LogP contribution in [0.1, 0.15) is 5.56 Å². The average Bonchev–Trinajstić information content (AvgIpc) is 2.03. The van der Waals surface area contributed by atoms with E-state index in [-0.39, 0.29) is 0 Å². The van der Waals surface area contributed by atoms with Crippen LogP contribution in [0.2, 0.25) is 0 Å². The third-order valence-corrected chi connectivity index (χ3v) is 2.26. The van der Waals surface area contributed by atoms with E-state index in [0.717, 1.165) is 15.3 Å². The van der Waals surface area contributed by atoms with E-state index >= 15 is 0 Å². The maximum atomic E-state index is 10.0. The highest BCUT2D eigenvalue weighted by atomic mass is 127. The van der Waals surface area contributed by atoms with Crippen molar-refractivity contribution in [1.29, 1.82) is 0 Å². The molecule has 0 aliphatic rings. The molecule has 0 spiro atoms. The van der Waals surface area contributed by atoms with Crippen molar-refractivity contribution < 1.29 is 4.92 Å². The Morgan fingerprint density at radius 3 is 2.67 bits per heavy atom. The van der Waals surface area contributed by atoms with Crippen LogP contribution in [-0.4, -0.2) is 4.92 Å². The summed E-state index contributed by atoms with van der Waals surface area (Å²) in [6, 6.07) is 7.48. The molecular formula is C8H6INO2. The molecule has 0 radical (unpaired) electrons. The zero-order valence-corrected chi connectivity index (χ0v) is 8.26. The Morgan fingerprint density at radius 2 is 2.08 bits per heavy atom. The molecular weight excluding hydrogens is 269 g/mol. The molecule has 0 heterocycles. The molecule has 0 aromatic heterocycles. The fourth-order valence-electron chi connectivity index (χ4n) is 0.751. The number of hydrogen-bond donors (Lipinski definition) is 0. The second-order valence-corrected chi connectivity index (χ2v) is 3.28. The van der Waals surface area contributed by atoms with Crippen molar-refractivity contribution in [2.45, 2.75) is 0 Å². The van der Waals surface area contributed by atoms with Crippen LogP contribution in [0.5, 0.6) is 0 Å². The van der Waals surface area contributed by atoms with Gasteiger partial charge in [-0.1, -0.05) is 18.2 Å². The lowest BCUT2D eigenvalue weighted by molar-refractivity contribution is -0.400. The summed E-state index contributed by atoms with van der Waals surface area (Å²) in [4.78, 5) is 9.53. The molecule has 0 amide bonds. The predicted molar refractivity (Wildman–Crippen MR) is 55.2 cm³/mol. The van der Waals surface area contributed by atoms with Crippen LogP contribution < -0.4 is 0 Å². The number of hydrogen-bond acceptors (Lipinski definition) is 2. The Balaban J connectivity index is 2.89. The van der Waals surface area contributed by atoms with Gasteiger partial charge in [0.2, 0.25) is 6.20 Å². The monoisotopic (exact) mass is 275 g/mol. The van der Waals surface area contributed by atoms with Crippen molar-refractivity contribution in [2.24, 2.45) is 0 Å². The van der Waals surface area contributed by atoms with Gasteiger partial charge in [-0.2, -0.15) is 0 Å². The first kappa shape index (κ1) is 9.18. The van der Waals surface area contributed by atoms with Crippen molar-refractivity contribution in [3.63, 3.8) is 0 Å². The van der Waals surface area contributed by atoms with E-state index in [1.807, 2.05) is 24.3 Å². The molecule has 0 atom stereocenters. The van der Waals surface area contributed by atoms with Crippen molar-refractivity contribution in [3.05, 3.63) is 49.7 Å². The van der Waals surface area contributed by atoms with Gasteiger partial charge >= 0.3 is 0 Å². The van der Waals surface area contributed by atoms with Gasteiger partial charge in [0.15, 0.2) is 0 Å². The molecule has 0 saturated carbocycles. The number of halogens is 1. The number of nitrogens with zero attached hydrogens (tertiary/aromatic N) is 1. The molecule has 4 heteroatoms. The molecule has 62 valence electrons. The third-order valence-electron chi connectivity index (χ3n) is 1.28. The molecule has 0 N–H and O–H groups in total. The predicted octanol–water partition coefficient (Wildman–Crippen LogP) is 2.54. The standard InChI is InChI=1S/C8H6INO2/c9-8-4-2-1-3-7(8)5-6-10(11)12/h1-6H/b6-5-. The van der Waals surface area contributed by atoms with Crippen molar-refractivity contribution in [1.82, 2.24) is 0 Å². The fraction of sp³-hybridized carbons (Fsp3) is 0. The summed E-state index contributed by atoms with van der Waals surface area (Å²) in [5, 5.41) is 10.0. The number of nitro groups is 1. The van der Waals surface area contributed by atoms with E-state index < -0.39 is 4.92 Å². The van der Waals surface area contributed by atoms with Crippen molar-refractivity contribution >= 4 is 28.7 Å². The summed E-state index contributed by atoms with van der Waals surface area (Å²) in [7, 11) is 0. The van der Waals surface area contributed by atoms with Crippen molar-refractivity contribution in [3.8, 4) is 0 Å². The third kappa shape index (κ3) is 2.61. The van der Waals surface area contributed by atoms with Gasteiger partial charge in [0.25, 0.3) is 0 Å². The first-order valence-electron chi connectivity index (χ1n) is 3.26. The topological polar surface area (TPSA) is 43.1 Å². The zero-order chi connectivity index (χ0) is 8.97. The lowest BCUT2D eigenvalue weighted by Gasteiger charge is -1.93. The van der Waals surface area contributed by atoms with Crippen LogP contribution in [-0.2, 0) is 0 Å². The Labute approximate surface area is 83.4 Å². The number of rotatable bonds is 2. The molecule has 3 nitrogen and oxygen atoms in total. The van der Waals surface area contributed by atoms with Crippen LogP contribution >= 0.6 is 22.6 Å². The molecule has 0 unspecified atom stereocenters. The minimum Gasteiger partial charge on any atom is -0.259 e. The Morgan fingerprint density at radius 1 is 1.42 bits per heavy atom. The molecule has 1 aromatic rings. The highest BCUT2D eigenvalue weighted by Crippen LogP contribution is 2.12. The Hall–Kier alpha value is -0.910. The second-order valence-electron chi connectivity index (χ2n) is 2.12. The van der Waals surface area contributed by atoms with Gasteiger partial charge in [-0.25, -0.2) is 0 Å². The SMILES string of the molecule is O=[N+]([O-])/C=C\c1ccccc1I. The molecule has 0 fully saturated rings. The van der Waals surface area contributed by atoms with Gasteiger partial charge in [0, 0.05) is 9.65 Å². The first-order chi connectivity index (χ1) is 5.70. The van der Waals surface area contributed by atoms with E-state index in [2.05, 4.69) is 22.6 Å². The van der Waals surface area contributed by atoms with Gasteiger partial charge in [0.05, 0.1) is 4.92 Å². The minimum atomic E-state index is -0.469. The molecule has 1 rings (SSSR count). The van der Waals surface area contributed by atoms with E-state index in [1.165, 1.54) is 6.08 Å². The van der Waals surface area contributed by atoms with Gasteiger partial charge in [-0.3, -0.25) is 10.1 Å². The van der Waals surface area contributed by atoms with E-state index in [0.29, 0.717) is 0 Å². The Bertz CT molecular complexity index is 323. The maximum absolute atomic E-state index is 10.0. The van der Waals surface area contributed by atoms with Crippen LogP contribution in [0, 0.1) is 13.7 Å². The molecule has 1 aromatic carbocycles. The fourth-order valence-corrected chi connectivity index (χ4v) is 1.32. The summed E-state index contributed by atoms with van der Waals surface area (Å²) in [6.07, 6.45) is 2.43. The maximum Gasteiger partial charge on any atom is 0.235 e. The summed E-state index contributed by atoms with van der Waals surface area (Å²) in [5.41, 5.74) is 0.870. The lowest BCUT2D eigenvalue weighted by atomic mass is 10.2. The molecule has 0 aliphatic heterocycles. The second kappa shape index (κ2) is 4.20. The molecule has 0 saturated heterocycles. The zero-order valence-electron chi connectivity index (χ0n) is 6.11.